The fourth-order valence-electron chi connectivity index (χ4n) is 4.87. The van der Waals surface area contributed by atoms with Gasteiger partial charge in [0.05, 0.1) is 17.1 Å². The molecule has 0 fully saturated rings. The Morgan fingerprint density at radius 3 is 2.35 bits per heavy atom. The minimum absolute atomic E-state index is 0.288. The second kappa shape index (κ2) is 10.0. The van der Waals surface area contributed by atoms with Crippen molar-refractivity contribution in [2.45, 2.75) is 6.61 Å². The van der Waals surface area contributed by atoms with Crippen LogP contribution in [-0.2, 0) is 6.61 Å². The van der Waals surface area contributed by atoms with Gasteiger partial charge in [0.15, 0.2) is 5.76 Å². The Kier molecular flexibility index (Phi) is 5.90. The molecule has 0 saturated heterocycles. The standard InChI is InChI=1S/C34H23N3O3/c38-34-27-15-7-8-16-29(27)36-33(32-20-25-13-5-9-17-30(25)40-32)37(34)35-21-28-26-14-6-4-12-24(26)18-19-31(28)39-22-23-10-2-1-3-11-23/h1-21H,22H2. The predicted octanol–water partition coefficient (Wildman–Crippen LogP) is 7.42. The number of fused-ring (bicyclic) bond motifs is 3. The van der Waals surface area contributed by atoms with Gasteiger partial charge in [-0.05, 0) is 46.7 Å². The van der Waals surface area contributed by atoms with Crippen molar-refractivity contribution in [3.63, 3.8) is 0 Å². The smallest absolute Gasteiger partial charge is 0.282 e. The molecule has 6 nitrogen and oxygen atoms in total. The molecule has 0 aliphatic rings. The third-order valence-corrected chi connectivity index (χ3v) is 6.87. The molecule has 7 rings (SSSR count). The second-order valence-electron chi connectivity index (χ2n) is 9.44. The average Bonchev–Trinajstić information content (AvgIpc) is 3.44. The Bertz CT molecular complexity index is 2060. The van der Waals surface area contributed by atoms with E-state index in [1.165, 1.54) is 4.68 Å². The molecule has 192 valence electrons. The predicted molar refractivity (Wildman–Crippen MR) is 159 cm³/mol. The summed E-state index contributed by atoms with van der Waals surface area (Å²) in [5, 5.41) is 8.10. The summed E-state index contributed by atoms with van der Waals surface area (Å²) in [5.74, 6) is 1.45. The van der Waals surface area contributed by atoms with Crippen LogP contribution in [0.1, 0.15) is 11.1 Å². The third-order valence-electron chi connectivity index (χ3n) is 6.87. The number of hydrogen-bond donors (Lipinski definition) is 0. The fraction of sp³-hybridized carbons (Fsp3) is 0.0294. The Balaban J connectivity index is 1.39. The van der Waals surface area contributed by atoms with Crippen LogP contribution in [-0.4, -0.2) is 15.9 Å². The molecule has 0 atom stereocenters. The van der Waals surface area contributed by atoms with Gasteiger partial charge in [0.1, 0.15) is 17.9 Å². The van der Waals surface area contributed by atoms with E-state index in [4.69, 9.17) is 19.2 Å². The zero-order valence-electron chi connectivity index (χ0n) is 21.4. The summed E-state index contributed by atoms with van der Waals surface area (Å²) < 4.78 is 13.7. The SMILES string of the molecule is O=c1c2ccccc2nc(-c2cc3ccccc3o2)n1N=Cc1c(OCc2ccccc2)ccc2ccccc12. The minimum Gasteiger partial charge on any atom is -0.488 e. The van der Waals surface area contributed by atoms with Gasteiger partial charge in [-0.15, -0.1) is 0 Å². The first-order valence-corrected chi connectivity index (χ1v) is 13.0. The van der Waals surface area contributed by atoms with Crippen LogP contribution in [0.4, 0.5) is 0 Å². The summed E-state index contributed by atoms with van der Waals surface area (Å²) in [6.45, 7) is 0.404. The number of benzene rings is 5. The highest BCUT2D eigenvalue weighted by Gasteiger charge is 2.17. The van der Waals surface area contributed by atoms with Crippen molar-refractivity contribution in [3.8, 4) is 17.3 Å². The van der Waals surface area contributed by atoms with Crippen LogP contribution in [0, 0.1) is 0 Å². The zero-order valence-corrected chi connectivity index (χ0v) is 21.4. The highest BCUT2D eigenvalue weighted by atomic mass is 16.5. The third kappa shape index (κ3) is 4.31. The molecule has 0 spiro atoms. The average molecular weight is 522 g/mol. The van der Waals surface area contributed by atoms with Gasteiger partial charge in [-0.25, -0.2) is 4.98 Å². The lowest BCUT2D eigenvalue weighted by Crippen LogP contribution is -2.20. The van der Waals surface area contributed by atoms with Crippen molar-refractivity contribution in [2.75, 3.05) is 0 Å². The summed E-state index contributed by atoms with van der Waals surface area (Å²) in [6.07, 6.45) is 1.67. The number of aromatic nitrogens is 2. The van der Waals surface area contributed by atoms with Crippen LogP contribution in [0.25, 0.3) is 44.2 Å². The number of hydrogen-bond acceptors (Lipinski definition) is 5. The van der Waals surface area contributed by atoms with E-state index in [2.05, 4.69) is 0 Å². The van der Waals surface area contributed by atoms with Crippen molar-refractivity contribution >= 4 is 38.9 Å². The van der Waals surface area contributed by atoms with Crippen molar-refractivity contribution in [1.29, 1.82) is 0 Å². The normalized spacial score (nSPS) is 11.6. The van der Waals surface area contributed by atoms with Crippen LogP contribution in [0.15, 0.2) is 136 Å². The van der Waals surface area contributed by atoms with Crippen molar-refractivity contribution < 1.29 is 9.15 Å². The van der Waals surface area contributed by atoms with Crippen molar-refractivity contribution in [1.82, 2.24) is 9.66 Å². The highest BCUT2D eigenvalue weighted by molar-refractivity contribution is 6.02. The molecule has 0 aliphatic carbocycles. The van der Waals surface area contributed by atoms with Gasteiger partial charge in [0.25, 0.3) is 5.56 Å². The summed E-state index contributed by atoms with van der Waals surface area (Å²) >= 11 is 0. The molecule has 2 aromatic heterocycles. The molecule has 2 heterocycles. The first-order valence-electron chi connectivity index (χ1n) is 13.0. The maximum absolute atomic E-state index is 13.8. The van der Waals surface area contributed by atoms with Crippen LogP contribution < -0.4 is 10.3 Å². The Morgan fingerprint density at radius 2 is 1.50 bits per heavy atom. The van der Waals surface area contributed by atoms with Crippen molar-refractivity contribution in [3.05, 3.63) is 143 Å². The highest BCUT2D eigenvalue weighted by Crippen LogP contribution is 2.29. The van der Waals surface area contributed by atoms with E-state index in [-0.39, 0.29) is 5.56 Å². The number of furan rings is 1. The molecule has 6 heteroatoms. The topological polar surface area (TPSA) is 69.6 Å². The number of nitrogens with zero attached hydrogens (tertiary/aromatic N) is 3. The molecular formula is C34H23N3O3. The van der Waals surface area contributed by atoms with Gasteiger partial charge in [-0.3, -0.25) is 4.79 Å². The van der Waals surface area contributed by atoms with E-state index in [9.17, 15) is 4.79 Å². The molecular weight excluding hydrogens is 498 g/mol. The van der Waals surface area contributed by atoms with E-state index in [1.54, 1.807) is 12.3 Å². The lowest BCUT2D eigenvalue weighted by atomic mass is 10.0. The number of rotatable bonds is 6. The van der Waals surface area contributed by atoms with E-state index >= 15 is 0 Å². The van der Waals surface area contributed by atoms with E-state index < -0.39 is 0 Å². The maximum Gasteiger partial charge on any atom is 0.282 e. The second-order valence-corrected chi connectivity index (χ2v) is 9.44. The summed E-state index contributed by atoms with van der Waals surface area (Å²) in [4.78, 5) is 18.6. The zero-order chi connectivity index (χ0) is 26.9. The van der Waals surface area contributed by atoms with Gasteiger partial charge < -0.3 is 9.15 Å². The lowest BCUT2D eigenvalue weighted by Gasteiger charge is -2.12. The maximum atomic E-state index is 13.8. The molecule has 40 heavy (non-hydrogen) atoms. The molecule has 0 radical (unpaired) electrons. The molecule has 5 aromatic carbocycles. The van der Waals surface area contributed by atoms with Crippen LogP contribution >= 0.6 is 0 Å². The van der Waals surface area contributed by atoms with E-state index in [0.717, 1.165) is 27.3 Å². The molecule has 0 bridgehead atoms. The van der Waals surface area contributed by atoms with Gasteiger partial charge >= 0.3 is 0 Å². The van der Waals surface area contributed by atoms with Gasteiger partial charge in [-0.1, -0.05) is 91.0 Å². The van der Waals surface area contributed by atoms with E-state index in [1.807, 2.05) is 115 Å². The Hall–Kier alpha value is -5.49. The van der Waals surface area contributed by atoms with Crippen LogP contribution in [0.3, 0.4) is 0 Å². The first-order chi connectivity index (χ1) is 19.7. The van der Waals surface area contributed by atoms with E-state index in [0.29, 0.717) is 40.4 Å². The number of ether oxygens (including phenoxy) is 1. The first kappa shape index (κ1) is 23.6. The lowest BCUT2D eigenvalue weighted by molar-refractivity contribution is 0.306. The molecule has 0 saturated carbocycles. The summed E-state index contributed by atoms with van der Waals surface area (Å²) in [6, 6.07) is 38.8. The quantitative estimate of drug-likeness (QED) is 0.214. The Morgan fingerprint density at radius 1 is 0.775 bits per heavy atom. The van der Waals surface area contributed by atoms with Crippen molar-refractivity contribution in [2.24, 2.45) is 5.10 Å². The number of para-hydroxylation sites is 2. The summed E-state index contributed by atoms with van der Waals surface area (Å²) in [7, 11) is 0. The molecule has 7 aromatic rings. The summed E-state index contributed by atoms with van der Waals surface area (Å²) in [5.41, 5.74) is 2.82. The monoisotopic (exact) mass is 521 g/mol. The Labute approximate surface area is 229 Å². The van der Waals surface area contributed by atoms with Crippen LogP contribution in [0.5, 0.6) is 5.75 Å². The minimum atomic E-state index is -0.288. The fourth-order valence-corrected chi connectivity index (χ4v) is 4.87. The van der Waals surface area contributed by atoms with Gasteiger partial charge in [-0.2, -0.15) is 9.78 Å². The molecule has 0 unspecified atom stereocenters. The van der Waals surface area contributed by atoms with Gasteiger partial charge in [0, 0.05) is 10.9 Å². The largest absolute Gasteiger partial charge is 0.488 e. The molecule has 0 amide bonds. The van der Waals surface area contributed by atoms with Gasteiger partial charge in [0.2, 0.25) is 5.82 Å². The van der Waals surface area contributed by atoms with Crippen LogP contribution in [0.2, 0.25) is 0 Å². The molecule has 0 aliphatic heterocycles. The molecule has 0 N–H and O–H groups in total.